The van der Waals surface area contributed by atoms with Crippen LogP contribution in [-0.4, -0.2) is 45.6 Å². The van der Waals surface area contributed by atoms with Crippen molar-refractivity contribution in [2.24, 2.45) is 5.10 Å². The summed E-state index contributed by atoms with van der Waals surface area (Å²) in [6, 6.07) is 12.3. The summed E-state index contributed by atoms with van der Waals surface area (Å²) in [5, 5.41) is 4.44. The van der Waals surface area contributed by atoms with Gasteiger partial charge in [0.05, 0.1) is 38.8 Å². The topological polar surface area (TPSA) is 77.4 Å². The Bertz CT molecular complexity index is 988. The molecule has 0 bridgehead atoms. The van der Waals surface area contributed by atoms with Gasteiger partial charge in [0.15, 0.2) is 0 Å². The van der Waals surface area contributed by atoms with Crippen LogP contribution in [0.3, 0.4) is 0 Å². The van der Waals surface area contributed by atoms with E-state index < -0.39 is 16.1 Å². The summed E-state index contributed by atoms with van der Waals surface area (Å²) in [6.45, 7) is 2.38. The minimum absolute atomic E-state index is 0.403. The van der Waals surface area contributed by atoms with Crippen LogP contribution in [0, 0.1) is 0 Å². The molecule has 0 radical (unpaired) electrons. The quantitative estimate of drug-likeness (QED) is 0.708. The fourth-order valence-electron chi connectivity index (χ4n) is 3.27. The van der Waals surface area contributed by atoms with Gasteiger partial charge < -0.3 is 14.2 Å². The van der Waals surface area contributed by atoms with Gasteiger partial charge in [-0.3, -0.25) is 0 Å². The van der Waals surface area contributed by atoms with Crippen molar-refractivity contribution in [2.45, 2.75) is 19.4 Å². The standard InChI is InChI=1S/C20H24N2O5S/c1-5-27-19-9-7-6-8-16(19)18-13-17(21-22(18)28(4,23)24)15-11-10-14(25-2)12-20(15)26-3/h6-12,18H,5,13H2,1-4H3/t18-/m1/s1. The van der Waals surface area contributed by atoms with Crippen molar-refractivity contribution in [2.75, 3.05) is 27.1 Å². The first-order chi connectivity index (χ1) is 13.4. The zero-order valence-corrected chi connectivity index (χ0v) is 17.2. The first kappa shape index (κ1) is 20.0. The number of methoxy groups -OCH3 is 2. The second kappa shape index (κ2) is 8.10. The van der Waals surface area contributed by atoms with E-state index in [0.29, 0.717) is 36.0 Å². The molecule has 0 saturated carbocycles. The van der Waals surface area contributed by atoms with Crippen LogP contribution in [0.15, 0.2) is 47.6 Å². The fraction of sp³-hybridized carbons (Fsp3) is 0.350. The highest BCUT2D eigenvalue weighted by Crippen LogP contribution is 2.40. The summed E-state index contributed by atoms with van der Waals surface area (Å²) in [7, 11) is -0.444. The smallest absolute Gasteiger partial charge is 0.247 e. The van der Waals surface area contributed by atoms with Gasteiger partial charge in [-0.05, 0) is 25.1 Å². The number of benzene rings is 2. The first-order valence-corrected chi connectivity index (χ1v) is 10.7. The minimum Gasteiger partial charge on any atom is -0.497 e. The molecule has 150 valence electrons. The van der Waals surface area contributed by atoms with Crippen molar-refractivity contribution in [3.63, 3.8) is 0 Å². The van der Waals surface area contributed by atoms with E-state index in [9.17, 15) is 8.42 Å². The van der Waals surface area contributed by atoms with Crippen molar-refractivity contribution in [3.05, 3.63) is 53.6 Å². The molecule has 0 unspecified atom stereocenters. The molecule has 1 aliphatic rings. The van der Waals surface area contributed by atoms with Gasteiger partial charge in [0, 0.05) is 23.6 Å². The molecule has 7 nitrogen and oxygen atoms in total. The lowest BCUT2D eigenvalue weighted by molar-refractivity contribution is 0.317. The van der Waals surface area contributed by atoms with Crippen LogP contribution in [0.1, 0.15) is 30.5 Å². The summed E-state index contributed by atoms with van der Waals surface area (Å²) < 4.78 is 42.5. The Morgan fingerprint density at radius 3 is 2.50 bits per heavy atom. The number of hydrazone groups is 1. The molecular formula is C20H24N2O5S. The highest BCUT2D eigenvalue weighted by molar-refractivity contribution is 7.88. The molecule has 0 fully saturated rings. The van der Waals surface area contributed by atoms with Gasteiger partial charge in [-0.15, -0.1) is 0 Å². The zero-order chi connectivity index (χ0) is 20.3. The number of para-hydroxylation sites is 1. The maximum absolute atomic E-state index is 12.4. The van der Waals surface area contributed by atoms with Gasteiger partial charge >= 0.3 is 0 Å². The molecule has 28 heavy (non-hydrogen) atoms. The van der Waals surface area contributed by atoms with E-state index in [1.54, 1.807) is 26.4 Å². The molecule has 1 atom stereocenters. The van der Waals surface area contributed by atoms with Crippen LogP contribution in [0.2, 0.25) is 0 Å². The number of rotatable bonds is 7. The van der Waals surface area contributed by atoms with E-state index in [2.05, 4.69) is 5.10 Å². The monoisotopic (exact) mass is 404 g/mol. The summed E-state index contributed by atoms with van der Waals surface area (Å²) in [5.74, 6) is 1.88. The molecule has 8 heteroatoms. The molecule has 3 rings (SSSR count). The van der Waals surface area contributed by atoms with Gasteiger partial charge in [0.25, 0.3) is 0 Å². The van der Waals surface area contributed by atoms with Crippen LogP contribution in [0.5, 0.6) is 17.2 Å². The molecule has 2 aromatic carbocycles. The Kier molecular flexibility index (Phi) is 5.79. The maximum atomic E-state index is 12.4. The third-order valence-corrected chi connectivity index (χ3v) is 5.53. The first-order valence-electron chi connectivity index (χ1n) is 8.90. The maximum Gasteiger partial charge on any atom is 0.247 e. The molecule has 1 aliphatic heterocycles. The van der Waals surface area contributed by atoms with Crippen molar-refractivity contribution >= 4 is 15.7 Å². The number of nitrogens with zero attached hydrogens (tertiary/aromatic N) is 2. The van der Waals surface area contributed by atoms with Gasteiger partial charge in [-0.25, -0.2) is 8.42 Å². The summed E-state index contributed by atoms with van der Waals surface area (Å²) in [5.41, 5.74) is 2.13. The average molecular weight is 404 g/mol. The molecule has 2 aromatic rings. The van der Waals surface area contributed by atoms with Gasteiger partial charge in [-0.1, -0.05) is 18.2 Å². The average Bonchev–Trinajstić information content (AvgIpc) is 3.13. The van der Waals surface area contributed by atoms with E-state index in [1.807, 2.05) is 37.3 Å². The number of ether oxygens (including phenoxy) is 3. The normalized spacial score (nSPS) is 16.6. The van der Waals surface area contributed by atoms with Crippen molar-refractivity contribution in [1.29, 1.82) is 0 Å². The molecule has 0 aliphatic carbocycles. The predicted octanol–water partition coefficient (Wildman–Crippen LogP) is 3.21. The van der Waals surface area contributed by atoms with Gasteiger partial charge in [0.1, 0.15) is 17.2 Å². The largest absolute Gasteiger partial charge is 0.497 e. The number of hydrogen-bond donors (Lipinski definition) is 0. The second-order valence-corrected chi connectivity index (χ2v) is 8.18. The molecular weight excluding hydrogens is 380 g/mol. The SMILES string of the molecule is CCOc1ccccc1[C@H]1CC(c2ccc(OC)cc2OC)=NN1S(C)(=O)=O. The van der Waals surface area contributed by atoms with Crippen molar-refractivity contribution < 1.29 is 22.6 Å². The number of hydrogen-bond acceptors (Lipinski definition) is 6. The van der Waals surface area contributed by atoms with E-state index in [0.717, 1.165) is 21.8 Å². The summed E-state index contributed by atoms with van der Waals surface area (Å²) in [6.07, 6.45) is 1.56. The molecule has 0 aromatic heterocycles. The van der Waals surface area contributed by atoms with E-state index in [4.69, 9.17) is 14.2 Å². The van der Waals surface area contributed by atoms with E-state index >= 15 is 0 Å². The Morgan fingerprint density at radius 2 is 1.86 bits per heavy atom. The Balaban J connectivity index is 2.06. The van der Waals surface area contributed by atoms with Gasteiger partial charge in [-0.2, -0.15) is 9.52 Å². The summed E-state index contributed by atoms with van der Waals surface area (Å²) >= 11 is 0. The highest BCUT2D eigenvalue weighted by atomic mass is 32.2. The zero-order valence-electron chi connectivity index (χ0n) is 16.4. The molecule has 0 N–H and O–H groups in total. The lowest BCUT2D eigenvalue weighted by Crippen LogP contribution is -2.26. The van der Waals surface area contributed by atoms with Crippen molar-refractivity contribution in [3.8, 4) is 17.2 Å². The van der Waals surface area contributed by atoms with Crippen LogP contribution in [0.4, 0.5) is 0 Å². The summed E-state index contributed by atoms with van der Waals surface area (Å²) in [4.78, 5) is 0. The Hall–Kier alpha value is -2.74. The third kappa shape index (κ3) is 3.91. The van der Waals surface area contributed by atoms with Crippen LogP contribution >= 0.6 is 0 Å². The van der Waals surface area contributed by atoms with E-state index in [1.165, 1.54) is 0 Å². The van der Waals surface area contributed by atoms with E-state index in [-0.39, 0.29) is 0 Å². The lowest BCUT2D eigenvalue weighted by atomic mass is 9.98. The predicted molar refractivity (Wildman–Crippen MR) is 108 cm³/mol. The third-order valence-electron chi connectivity index (χ3n) is 4.51. The van der Waals surface area contributed by atoms with Crippen molar-refractivity contribution in [1.82, 2.24) is 4.41 Å². The number of sulfonamides is 1. The van der Waals surface area contributed by atoms with Crippen LogP contribution < -0.4 is 14.2 Å². The Labute approximate surface area is 165 Å². The molecule has 0 spiro atoms. The van der Waals surface area contributed by atoms with Crippen LogP contribution in [-0.2, 0) is 10.0 Å². The fourth-order valence-corrected chi connectivity index (χ4v) is 4.17. The molecule has 1 heterocycles. The molecule has 0 saturated heterocycles. The lowest BCUT2D eigenvalue weighted by Gasteiger charge is -2.23. The highest BCUT2D eigenvalue weighted by Gasteiger charge is 2.36. The van der Waals surface area contributed by atoms with Gasteiger partial charge in [0.2, 0.25) is 10.0 Å². The molecule has 0 amide bonds. The minimum atomic E-state index is -3.58. The second-order valence-electron chi connectivity index (χ2n) is 6.34. The van der Waals surface area contributed by atoms with Crippen LogP contribution in [0.25, 0.3) is 0 Å². The Morgan fingerprint density at radius 1 is 1.11 bits per heavy atom.